The van der Waals surface area contributed by atoms with Gasteiger partial charge in [0, 0.05) is 6.07 Å². The van der Waals surface area contributed by atoms with Crippen molar-refractivity contribution in [1.82, 2.24) is 10.1 Å². The molecule has 106 valence electrons. The number of carbonyl (C=O) groups is 1. The fraction of sp³-hybridized carbons (Fsp3) is 0.182. The fourth-order valence-electron chi connectivity index (χ4n) is 1.36. The molecule has 0 amide bonds. The summed E-state index contributed by atoms with van der Waals surface area (Å²) in [6.07, 6.45) is 0. The van der Waals surface area contributed by atoms with Crippen LogP contribution in [0, 0.1) is 6.92 Å². The highest BCUT2D eigenvalue weighted by atomic mass is 35.5. The van der Waals surface area contributed by atoms with Gasteiger partial charge in [-0.1, -0.05) is 40.0 Å². The van der Waals surface area contributed by atoms with Crippen LogP contribution >= 0.6 is 34.8 Å². The van der Waals surface area contributed by atoms with Crippen molar-refractivity contribution in [1.29, 1.82) is 0 Å². The number of nitrogens with two attached hydrogens (primary N) is 1. The van der Waals surface area contributed by atoms with E-state index in [1.165, 1.54) is 0 Å². The number of hydrogen-bond donors (Lipinski definition) is 1. The predicted molar refractivity (Wildman–Crippen MR) is 74.0 cm³/mol. The Labute approximate surface area is 128 Å². The number of hydrogen-bond acceptors (Lipinski definition) is 6. The quantitative estimate of drug-likeness (QED) is 0.683. The minimum Gasteiger partial charge on any atom is -0.454 e. The molecule has 0 bridgehead atoms. The van der Waals surface area contributed by atoms with Gasteiger partial charge >= 0.3 is 5.97 Å². The zero-order valence-electron chi connectivity index (χ0n) is 10.1. The molecule has 0 fully saturated rings. The van der Waals surface area contributed by atoms with E-state index >= 15 is 0 Å². The fourth-order valence-corrected chi connectivity index (χ4v) is 1.95. The van der Waals surface area contributed by atoms with Crippen molar-refractivity contribution in [3.05, 3.63) is 38.4 Å². The highest BCUT2D eigenvalue weighted by molar-refractivity contribution is 6.46. The molecule has 0 unspecified atom stereocenters. The SMILES string of the molecule is Cc1cc(COC(=O)c2nc(Cl)c(Cl)c(N)c2Cl)no1. The largest absolute Gasteiger partial charge is 0.454 e. The number of aromatic nitrogens is 2. The van der Waals surface area contributed by atoms with Crippen molar-refractivity contribution in [3.63, 3.8) is 0 Å². The zero-order chi connectivity index (χ0) is 14.9. The standard InChI is InChI=1S/C11H8Cl3N3O3/c1-4-2-5(17-20-4)3-19-11(18)9-6(12)8(15)7(13)10(14)16-9/h2H,3H2,1H3,(H2,15,16). The van der Waals surface area contributed by atoms with Crippen molar-refractivity contribution >= 4 is 46.5 Å². The Hall–Kier alpha value is -1.50. The Morgan fingerprint density at radius 2 is 2.10 bits per heavy atom. The summed E-state index contributed by atoms with van der Waals surface area (Å²) in [6.45, 7) is 1.63. The third-order valence-electron chi connectivity index (χ3n) is 2.29. The molecule has 0 aliphatic heterocycles. The first-order valence-corrected chi connectivity index (χ1v) is 6.42. The second-order valence-electron chi connectivity index (χ2n) is 3.80. The van der Waals surface area contributed by atoms with E-state index in [2.05, 4.69) is 10.1 Å². The van der Waals surface area contributed by atoms with Crippen LogP contribution in [0.1, 0.15) is 21.9 Å². The van der Waals surface area contributed by atoms with Gasteiger partial charge in [-0.05, 0) is 6.92 Å². The Kier molecular flexibility index (Phi) is 4.37. The maximum Gasteiger partial charge on any atom is 0.359 e. The summed E-state index contributed by atoms with van der Waals surface area (Å²) >= 11 is 17.4. The lowest BCUT2D eigenvalue weighted by Gasteiger charge is -2.08. The molecule has 2 aromatic heterocycles. The third-order valence-corrected chi connectivity index (χ3v) is 3.43. The second-order valence-corrected chi connectivity index (χ2v) is 4.91. The highest BCUT2D eigenvalue weighted by Crippen LogP contribution is 2.34. The molecule has 0 aliphatic carbocycles. The Bertz CT molecular complexity index is 672. The van der Waals surface area contributed by atoms with E-state index in [0.29, 0.717) is 11.5 Å². The number of nitrogens with zero attached hydrogens (tertiary/aromatic N) is 2. The number of pyridine rings is 1. The molecule has 0 aromatic carbocycles. The van der Waals surface area contributed by atoms with Crippen molar-refractivity contribution in [2.75, 3.05) is 5.73 Å². The molecule has 0 saturated carbocycles. The van der Waals surface area contributed by atoms with E-state index in [4.69, 9.17) is 49.8 Å². The second kappa shape index (κ2) is 5.87. The van der Waals surface area contributed by atoms with Gasteiger partial charge in [0.15, 0.2) is 10.8 Å². The minimum atomic E-state index is -0.791. The lowest BCUT2D eigenvalue weighted by Crippen LogP contribution is -2.10. The summed E-state index contributed by atoms with van der Waals surface area (Å²) in [7, 11) is 0. The van der Waals surface area contributed by atoms with Crippen LogP contribution in [-0.2, 0) is 11.3 Å². The Balaban J connectivity index is 2.17. The highest BCUT2D eigenvalue weighted by Gasteiger charge is 2.21. The van der Waals surface area contributed by atoms with Crippen LogP contribution in [0.2, 0.25) is 15.2 Å². The van der Waals surface area contributed by atoms with Crippen LogP contribution in [0.15, 0.2) is 10.6 Å². The number of rotatable bonds is 3. The molecular formula is C11H8Cl3N3O3. The van der Waals surface area contributed by atoms with Gasteiger partial charge in [0.25, 0.3) is 0 Å². The van der Waals surface area contributed by atoms with Crippen molar-refractivity contribution in [3.8, 4) is 0 Å². The molecule has 0 saturated heterocycles. The van der Waals surface area contributed by atoms with E-state index in [0.717, 1.165) is 0 Å². The first kappa shape index (κ1) is 14.9. The van der Waals surface area contributed by atoms with Gasteiger partial charge in [0.05, 0.1) is 10.7 Å². The maximum absolute atomic E-state index is 11.9. The molecule has 6 nitrogen and oxygen atoms in total. The van der Waals surface area contributed by atoms with Gasteiger partial charge in [-0.15, -0.1) is 0 Å². The molecule has 2 rings (SSSR count). The lowest BCUT2D eigenvalue weighted by molar-refractivity contribution is 0.0457. The van der Waals surface area contributed by atoms with E-state index in [9.17, 15) is 4.79 Å². The van der Waals surface area contributed by atoms with Crippen molar-refractivity contribution in [2.45, 2.75) is 13.5 Å². The maximum atomic E-state index is 11.9. The van der Waals surface area contributed by atoms with Gasteiger partial charge in [0.2, 0.25) is 0 Å². The lowest BCUT2D eigenvalue weighted by atomic mass is 10.3. The summed E-state index contributed by atoms with van der Waals surface area (Å²) < 4.78 is 9.83. The van der Waals surface area contributed by atoms with Gasteiger partial charge in [-0.3, -0.25) is 0 Å². The number of anilines is 1. The molecule has 2 heterocycles. The topological polar surface area (TPSA) is 91.2 Å². The summed E-state index contributed by atoms with van der Waals surface area (Å²) in [5.41, 5.74) is 5.83. The van der Waals surface area contributed by atoms with E-state index in [-0.39, 0.29) is 33.2 Å². The number of ether oxygens (including phenoxy) is 1. The third kappa shape index (κ3) is 2.98. The molecule has 0 aliphatic rings. The smallest absolute Gasteiger partial charge is 0.359 e. The monoisotopic (exact) mass is 335 g/mol. The van der Waals surface area contributed by atoms with Gasteiger partial charge < -0.3 is 15.0 Å². The van der Waals surface area contributed by atoms with Gasteiger partial charge in [-0.2, -0.15) is 0 Å². The van der Waals surface area contributed by atoms with Crippen LogP contribution in [0.4, 0.5) is 5.69 Å². The molecule has 2 N–H and O–H groups in total. The van der Waals surface area contributed by atoms with Crippen LogP contribution < -0.4 is 5.73 Å². The van der Waals surface area contributed by atoms with Crippen LogP contribution in [0.3, 0.4) is 0 Å². The molecule has 9 heteroatoms. The number of aryl methyl sites for hydroxylation is 1. The summed E-state index contributed by atoms with van der Waals surface area (Å²) in [4.78, 5) is 15.6. The molecule has 2 aromatic rings. The summed E-state index contributed by atoms with van der Waals surface area (Å²) in [5, 5.41) is 3.42. The molecule has 0 radical (unpaired) electrons. The van der Waals surface area contributed by atoms with E-state index in [1.54, 1.807) is 13.0 Å². The van der Waals surface area contributed by atoms with Crippen LogP contribution in [0.5, 0.6) is 0 Å². The predicted octanol–water partition coefficient (Wildman–Crippen LogP) is 3.28. The first-order valence-electron chi connectivity index (χ1n) is 5.29. The number of halogens is 3. The van der Waals surface area contributed by atoms with E-state index < -0.39 is 5.97 Å². The number of nitrogen functional groups attached to an aromatic ring is 1. The number of carbonyl (C=O) groups excluding carboxylic acids is 1. The summed E-state index contributed by atoms with van der Waals surface area (Å²) in [5.74, 6) is -0.188. The minimum absolute atomic E-state index is 0.0136. The van der Waals surface area contributed by atoms with Crippen molar-refractivity contribution in [2.24, 2.45) is 0 Å². The Morgan fingerprint density at radius 1 is 1.40 bits per heavy atom. The zero-order valence-corrected chi connectivity index (χ0v) is 12.4. The average molecular weight is 337 g/mol. The van der Waals surface area contributed by atoms with Crippen LogP contribution in [0.25, 0.3) is 0 Å². The van der Waals surface area contributed by atoms with Gasteiger partial charge in [-0.25, -0.2) is 9.78 Å². The average Bonchev–Trinajstić information content (AvgIpc) is 2.83. The number of esters is 1. The molecular weight excluding hydrogens is 328 g/mol. The normalized spacial score (nSPS) is 10.6. The van der Waals surface area contributed by atoms with Gasteiger partial charge in [0.1, 0.15) is 23.1 Å². The summed E-state index contributed by atoms with van der Waals surface area (Å²) in [6, 6.07) is 1.63. The molecule has 0 atom stereocenters. The van der Waals surface area contributed by atoms with Crippen molar-refractivity contribution < 1.29 is 14.1 Å². The first-order chi connectivity index (χ1) is 9.40. The Morgan fingerprint density at radius 3 is 2.70 bits per heavy atom. The molecule has 0 spiro atoms. The van der Waals surface area contributed by atoms with E-state index in [1.807, 2.05) is 0 Å². The van der Waals surface area contributed by atoms with Crippen LogP contribution in [-0.4, -0.2) is 16.1 Å². The molecule has 20 heavy (non-hydrogen) atoms.